The molecule has 2 heterocycles. The Balaban J connectivity index is 1.64. The number of aromatic amines is 1. The predicted octanol–water partition coefficient (Wildman–Crippen LogP) is 3.48. The van der Waals surface area contributed by atoms with E-state index in [-0.39, 0.29) is 22.3 Å². The zero-order valence-electron chi connectivity index (χ0n) is 15.6. The Morgan fingerprint density at radius 2 is 2.04 bits per heavy atom. The van der Waals surface area contributed by atoms with Crippen molar-refractivity contribution in [1.82, 2.24) is 14.9 Å². The average molecular weight is 351 g/mol. The Labute approximate surface area is 153 Å². The number of fused-ring (bicyclic) bond motifs is 2. The minimum Gasteiger partial charge on any atom is -0.335 e. The van der Waals surface area contributed by atoms with E-state index in [1.54, 1.807) is 0 Å². The van der Waals surface area contributed by atoms with Crippen LogP contribution in [-0.2, 0) is 0 Å². The van der Waals surface area contributed by atoms with Gasteiger partial charge in [0.05, 0.1) is 12.0 Å². The molecule has 1 aliphatic carbocycles. The van der Waals surface area contributed by atoms with Gasteiger partial charge in [-0.15, -0.1) is 0 Å². The lowest BCUT2D eigenvalue weighted by Crippen LogP contribution is -2.37. The number of nitrogens with one attached hydrogen (secondary N) is 1. The third kappa shape index (κ3) is 3.06. The van der Waals surface area contributed by atoms with E-state index in [1.807, 2.05) is 24.3 Å². The Kier molecular flexibility index (Phi) is 3.79. The Bertz CT molecular complexity index is 917. The number of amides is 1. The molecule has 5 heteroatoms. The first-order chi connectivity index (χ1) is 12.2. The number of rotatable bonds is 2. The second-order valence-corrected chi connectivity index (χ2v) is 9.02. The van der Waals surface area contributed by atoms with Crippen molar-refractivity contribution >= 4 is 5.91 Å². The van der Waals surface area contributed by atoms with Crippen molar-refractivity contribution < 1.29 is 4.79 Å². The molecule has 1 saturated carbocycles. The highest BCUT2D eigenvalue weighted by molar-refractivity contribution is 5.95. The lowest BCUT2D eigenvalue weighted by molar-refractivity contribution is 0.0708. The third-order valence-electron chi connectivity index (χ3n) is 5.76. The topological polar surface area (TPSA) is 66.1 Å². The van der Waals surface area contributed by atoms with Crippen LogP contribution in [0, 0.1) is 10.8 Å². The zero-order valence-corrected chi connectivity index (χ0v) is 15.6. The third-order valence-corrected chi connectivity index (χ3v) is 5.76. The van der Waals surface area contributed by atoms with Gasteiger partial charge in [-0.25, -0.2) is 4.98 Å². The molecule has 0 spiro atoms. The first kappa shape index (κ1) is 17.0. The molecule has 1 saturated heterocycles. The van der Waals surface area contributed by atoms with Gasteiger partial charge in [-0.2, -0.15) is 0 Å². The average Bonchev–Trinajstić information content (AvgIpc) is 2.83. The standard InChI is InChI=1S/C21H25N3O2/c1-20(2)9-16-10-21(3,11-20)12-24(16)19(26)15-6-4-5-14(7-15)17-8-18(25)23-13-22-17/h4-8,13,16H,9-12H2,1-3H3,(H,22,23,25)/t16-,21-/m1/s1. The highest BCUT2D eigenvalue weighted by Crippen LogP contribution is 2.52. The highest BCUT2D eigenvalue weighted by atomic mass is 16.2. The summed E-state index contributed by atoms with van der Waals surface area (Å²) in [7, 11) is 0. The summed E-state index contributed by atoms with van der Waals surface area (Å²) in [6.07, 6.45) is 4.71. The number of benzene rings is 1. The van der Waals surface area contributed by atoms with Crippen molar-refractivity contribution in [2.45, 2.75) is 46.1 Å². The van der Waals surface area contributed by atoms with Gasteiger partial charge in [0.2, 0.25) is 0 Å². The molecule has 136 valence electrons. The highest BCUT2D eigenvalue weighted by Gasteiger charge is 2.51. The van der Waals surface area contributed by atoms with E-state index < -0.39 is 0 Å². The minimum atomic E-state index is -0.199. The molecule has 5 nitrogen and oxygen atoms in total. The SMILES string of the molecule is CC1(C)C[C@@H]2C[C@@](C)(CN2C(=O)c2cccc(-c3cc(=O)[nH]cn3)c2)C1. The van der Waals surface area contributed by atoms with Gasteiger partial charge < -0.3 is 9.88 Å². The lowest BCUT2D eigenvalue weighted by Gasteiger charge is -2.39. The van der Waals surface area contributed by atoms with Crippen LogP contribution in [0.4, 0.5) is 0 Å². The van der Waals surface area contributed by atoms with Gasteiger partial charge in [0.1, 0.15) is 0 Å². The number of likely N-dealkylation sites (tertiary alicyclic amines) is 1. The minimum absolute atomic E-state index is 0.0862. The van der Waals surface area contributed by atoms with Gasteiger partial charge in [0, 0.05) is 29.8 Å². The largest absolute Gasteiger partial charge is 0.335 e. The Hall–Kier alpha value is -2.43. The number of H-pyrrole nitrogens is 1. The summed E-state index contributed by atoms with van der Waals surface area (Å²) in [4.78, 5) is 33.6. The number of carbonyl (C=O) groups excluding carboxylic acids is 1. The van der Waals surface area contributed by atoms with Crippen LogP contribution in [0.25, 0.3) is 11.3 Å². The van der Waals surface area contributed by atoms with E-state index in [4.69, 9.17) is 0 Å². The summed E-state index contributed by atoms with van der Waals surface area (Å²) in [5, 5.41) is 0. The van der Waals surface area contributed by atoms with E-state index in [9.17, 15) is 9.59 Å². The van der Waals surface area contributed by atoms with Crippen LogP contribution >= 0.6 is 0 Å². The number of carbonyl (C=O) groups is 1. The van der Waals surface area contributed by atoms with E-state index >= 15 is 0 Å². The number of hydrogen-bond donors (Lipinski definition) is 1. The molecule has 0 radical (unpaired) electrons. The monoisotopic (exact) mass is 351 g/mol. The Morgan fingerprint density at radius 1 is 1.23 bits per heavy atom. The molecule has 26 heavy (non-hydrogen) atoms. The molecule has 2 bridgehead atoms. The summed E-state index contributed by atoms with van der Waals surface area (Å²) >= 11 is 0. The number of nitrogens with zero attached hydrogens (tertiary/aromatic N) is 2. The molecular formula is C21H25N3O2. The fraction of sp³-hybridized carbons (Fsp3) is 0.476. The van der Waals surface area contributed by atoms with Crippen LogP contribution in [0.1, 0.15) is 50.4 Å². The van der Waals surface area contributed by atoms with Gasteiger partial charge in [-0.3, -0.25) is 9.59 Å². The van der Waals surface area contributed by atoms with E-state index in [0.717, 1.165) is 31.4 Å². The summed E-state index contributed by atoms with van der Waals surface area (Å²) < 4.78 is 0. The maximum atomic E-state index is 13.2. The molecule has 2 aliphatic rings. The van der Waals surface area contributed by atoms with Gasteiger partial charge in [0.25, 0.3) is 11.5 Å². The maximum Gasteiger partial charge on any atom is 0.254 e. The van der Waals surface area contributed by atoms with Crippen molar-refractivity contribution in [3.05, 3.63) is 52.6 Å². The molecule has 0 unspecified atom stereocenters. The van der Waals surface area contributed by atoms with Crippen LogP contribution in [0.15, 0.2) is 41.5 Å². The quantitative estimate of drug-likeness (QED) is 0.901. The van der Waals surface area contributed by atoms with Gasteiger partial charge >= 0.3 is 0 Å². The smallest absolute Gasteiger partial charge is 0.254 e. The second kappa shape index (κ2) is 5.79. The first-order valence-corrected chi connectivity index (χ1v) is 9.21. The van der Waals surface area contributed by atoms with Crippen molar-refractivity contribution in [2.24, 2.45) is 10.8 Å². The molecule has 1 aliphatic heterocycles. The number of aromatic nitrogens is 2. The fourth-order valence-corrected chi connectivity index (χ4v) is 5.20. The molecule has 2 atom stereocenters. The van der Waals surface area contributed by atoms with Crippen molar-refractivity contribution in [3.63, 3.8) is 0 Å². The molecule has 1 N–H and O–H groups in total. The molecule has 1 aromatic heterocycles. The summed E-state index contributed by atoms with van der Waals surface area (Å²) in [5.74, 6) is 0.0862. The summed E-state index contributed by atoms with van der Waals surface area (Å²) in [6, 6.07) is 9.22. The van der Waals surface area contributed by atoms with Gasteiger partial charge in [0.15, 0.2) is 0 Å². The first-order valence-electron chi connectivity index (χ1n) is 9.21. The van der Waals surface area contributed by atoms with Crippen LogP contribution in [-0.4, -0.2) is 33.4 Å². The van der Waals surface area contributed by atoms with E-state index in [1.165, 1.54) is 12.4 Å². The van der Waals surface area contributed by atoms with Crippen molar-refractivity contribution in [3.8, 4) is 11.3 Å². The van der Waals surface area contributed by atoms with Crippen LogP contribution in [0.2, 0.25) is 0 Å². The van der Waals surface area contributed by atoms with Crippen molar-refractivity contribution in [2.75, 3.05) is 6.54 Å². The van der Waals surface area contributed by atoms with Gasteiger partial charge in [-0.05, 0) is 42.2 Å². The van der Waals surface area contributed by atoms with Crippen molar-refractivity contribution in [1.29, 1.82) is 0 Å². The fourth-order valence-electron chi connectivity index (χ4n) is 5.20. The molecule has 2 aromatic rings. The zero-order chi connectivity index (χ0) is 18.5. The normalized spacial score (nSPS) is 26.7. The number of hydrogen-bond acceptors (Lipinski definition) is 3. The van der Waals surface area contributed by atoms with E-state index in [0.29, 0.717) is 17.3 Å². The predicted molar refractivity (Wildman–Crippen MR) is 101 cm³/mol. The molecule has 4 rings (SSSR count). The maximum absolute atomic E-state index is 13.2. The Morgan fingerprint density at radius 3 is 2.81 bits per heavy atom. The second-order valence-electron chi connectivity index (χ2n) is 9.02. The molecule has 2 fully saturated rings. The molecule has 1 amide bonds. The summed E-state index contributed by atoms with van der Waals surface area (Å²) in [6.45, 7) is 7.76. The lowest BCUT2D eigenvalue weighted by atomic mass is 9.65. The van der Waals surface area contributed by atoms with Crippen LogP contribution in [0.5, 0.6) is 0 Å². The van der Waals surface area contributed by atoms with Gasteiger partial charge in [-0.1, -0.05) is 32.9 Å². The molecular weight excluding hydrogens is 326 g/mol. The molecule has 1 aromatic carbocycles. The van der Waals surface area contributed by atoms with Crippen LogP contribution < -0.4 is 5.56 Å². The summed E-state index contributed by atoms with van der Waals surface area (Å²) in [5.41, 5.74) is 2.33. The van der Waals surface area contributed by atoms with E-state index in [2.05, 4.69) is 35.6 Å². The van der Waals surface area contributed by atoms with Crippen LogP contribution in [0.3, 0.4) is 0 Å².